The summed E-state index contributed by atoms with van der Waals surface area (Å²) in [6, 6.07) is 0.183. The molecular weight excluding hydrogens is 244 g/mol. The molecule has 1 aromatic rings. The molecule has 1 unspecified atom stereocenters. The van der Waals surface area contributed by atoms with Crippen LogP contribution in [-0.4, -0.2) is 29.3 Å². The number of rotatable bonds is 8. The molecular formula is C13H24N4O2. The third-order valence-electron chi connectivity index (χ3n) is 3.49. The summed E-state index contributed by atoms with van der Waals surface area (Å²) in [5, 5.41) is 0. The number of aromatic nitrogens is 2. The van der Waals surface area contributed by atoms with Crippen LogP contribution in [0.1, 0.15) is 45.2 Å². The Labute approximate surface area is 114 Å². The predicted molar refractivity (Wildman–Crippen MR) is 73.6 cm³/mol. The minimum absolute atomic E-state index is 0.159. The van der Waals surface area contributed by atoms with E-state index in [0.717, 1.165) is 18.4 Å². The quantitative estimate of drug-likeness (QED) is 0.550. The standard InChI is InChI=1S/C13H24N4O2/c1-5-13(6-2,19-7-3)11(17-14)10-8-15-12(18-4)16-9-10/h8-9,11,17H,5-7,14H2,1-4H3. The van der Waals surface area contributed by atoms with Gasteiger partial charge in [-0.25, -0.2) is 15.4 Å². The molecule has 0 spiro atoms. The fraction of sp³-hybridized carbons (Fsp3) is 0.692. The van der Waals surface area contributed by atoms with Crippen LogP contribution in [0.5, 0.6) is 6.01 Å². The molecule has 1 heterocycles. The maximum Gasteiger partial charge on any atom is 0.316 e. The van der Waals surface area contributed by atoms with Crippen LogP contribution >= 0.6 is 0 Å². The van der Waals surface area contributed by atoms with E-state index >= 15 is 0 Å². The van der Waals surface area contributed by atoms with E-state index < -0.39 is 0 Å². The molecule has 1 aromatic heterocycles. The molecule has 19 heavy (non-hydrogen) atoms. The normalized spacial score (nSPS) is 13.3. The van der Waals surface area contributed by atoms with Crippen molar-refractivity contribution in [2.75, 3.05) is 13.7 Å². The van der Waals surface area contributed by atoms with Crippen molar-refractivity contribution in [1.29, 1.82) is 0 Å². The molecule has 0 bridgehead atoms. The van der Waals surface area contributed by atoms with Crippen LogP contribution in [0.25, 0.3) is 0 Å². The zero-order valence-corrected chi connectivity index (χ0v) is 12.1. The number of hydrogen-bond acceptors (Lipinski definition) is 6. The van der Waals surface area contributed by atoms with Gasteiger partial charge in [0.1, 0.15) is 0 Å². The first-order valence-corrected chi connectivity index (χ1v) is 6.63. The summed E-state index contributed by atoms with van der Waals surface area (Å²) in [7, 11) is 1.54. The highest BCUT2D eigenvalue weighted by atomic mass is 16.5. The summed E-state index contributed by atoms with van der Waals surface area (Å²) in [5.74, 6) is 5.73. The molecule has 3 N–H and O–H groups in total. The molecule has 0 fully saturated rings. The van der Waals surface area contributed by atoms with Crippen LogP contribution in [0.15, 0.2) is 12.4 Å². The van der Waals surface area contributed by atoms with Gasteiger partial charge in [-0.15, -0.1) is 0 Å². The van der Waals surface area contributed by atoms with Crippen molar-refractivity contribution < 1.29 is 9.47 Å². The average Bonchev–Trinajstić information content (AvgIpc) is 2.47. The lowest BCUT2D eigenvalue weighted by Crippen LogP contribution is -2.48. The van der Waals surface area contributed by atoms with E-state index in [4.69, 9.17) is 15.3 Å². The second-order valence-corrected chi connectivity index (χ2v) is 4.31. The lowest BCUT2D eigenvalue weighted by molar-refractivity contribution is -0.0735. The fourth-order valence-electron chi connectivity index (χ4n) is 2.37. The van der Waals surface area contributed by atoms with Crippen molar-refractivity contribution in [3.8, 4) is 6.01 Å². The third kappa shape index (κ3) is 3.40. The van der Waals surface area contributed by atoms with Crippen LogP contribution in [0.2, 0.25) is 0 Å². The van der Waals surface area contributed by atoms with Crippen molar-refractivity contribution in [3.05, 3.63) is 18.0 Å². The van der Waals surface area contributed by atoms with Crippen LogP contribution in [0.4, 0.5) is 0 Å². The summed E-state index contributed by atoms with van der Waals surface area (Å²) in [6.45, 7) is 6.80. The average molecular weight is 268 g/mol. The van der Waals surface area contributed by atoms with Crippen molar-refractivity contribution in [2.24, 2.45) is 5.84 Å². The molecule has 0 amide bonds. The maximum absolute atomic E-state index is 5.96. The Morgan fingerprint density at radius 3 is 2.21 bits per heavy atom. The van der Waals surface area contributed by atoms with E-state index in [2.05, 4.69) is 29.2 Å². The summed E-state index contributed by atoms with van der Waals surface area (Å²) in [4.78, 5) is 8.25. The number of nitrogens with two attached hydrogens (primary N) is 1. The van der Waals surface area contributed by atoms with Gasteiger partial charge in [-0.1, -0.05) is 13.8 Å². The van der Waals surface area contributed by atoms with E-state index in [1.54, 1.807) is 12.4 Å². The molecule has 108 valence electrons. The Hall–Kier alpha value is -1.24. The van der Waals surface area contributed by atoms with Gasteiger partial charge in [0.25, 0.3) is 0 Å². The molecule has 1 atom stereocenters. The molecule has 6 heteroatoms. The Balaban J connectivity index is 3.07. The Morgan fingerprint density at radius 1 is 1.26 bits per heavy atom. The van der Waals surface area contributed by atoms with Gasteiger partial charge in [-0.2, -0.15) is 0 Å². The smallest absolute Gasteiger partial charge is 0.316 e. The maximum atomic E-state index is 5.96. The number of nitrogens with zero attached hydrogens (tertiary/aromatic N) is 2. The van der Waals surface area contributed by atoms with E-state index in [1.165, 1.54) is 7.11 Å². The SMILES string of the molecule is CCOC(CC)(CC)C(NN)c1cnc(OC)nc1. The molecule has 0 aliphatic rings. The monoisotopic (exact) mass is 268 g/mol. The van der Waals surface area contributed by atoms with Crippen molar-refractivity contribution in [2.45, 2.75) is 45.3 Å². The number of nitrogens with one attached hydrogen (secondary N) is 1. The largest absolute Gasteiger partial charge is 0.467 e. The van der Waals surface area contributed by atoms with E-state index in [0.29, 0.717) is 12.6 Å². The summed E-state index contributed by atoms with van der Waals surface area (Å²) < 4.78 is 10.9. The van der Waals surface area contributed by atoms with Gasteiger partial charge in [-0.05, 0) is 19.8 Å². The Kier molecular flexibility index (Phi) is 6.14. The molecule has 0 saturated heterocycles. The highest BCUT2D eigenvalue weighted by Crippen LogP contribution is 2.34. The summed E-state index contributed by atoms with van der Waals surface area (Å²) >= 11 is 0. The van der Waals surface area contributed by atoms with Gasteiger partial charge in [0.15, 0.2) is 0 Å². The lowest BCUT2D eigenvalue weighted by Gasteiger charge is -2.38. The van der Waals surface area contributed by atoms with Gasteiger partial charge in [-0.3, -0.25) is 5.84 Å². The predicted octanol–water partition coefficient (Wildman–Crippen LogP) is 1.58. The topological polar surface area (TPSA) is 82.3 Å². The minimum atomic E-state index is -0.360. The van der Waals surface area contributed by atoms with Crippen LogP contribution in [0.3, 0.4) is 0 Å². The molecule has 0 saturated carbocycles. The van der Waals surface area contributed by atoms with E-state index in [-0.39, 0.29) is 11.6 Å². The van der Waals surface area contributed by atoms with E-state index in [1.807, 2.05) is 6.92 Å². The van der Waals surface area contributed by atoms with Crippen LogP contribution in [0, 0.1) is 0 Å². The van der Waals surface area contributed by atoms with Gasteiger partial charge in [0.2, 0.25) is 0 Å². The number of hydrazine groups is 1. The summed E-state index contributed by atoms with van der Waals surface area (Å²) in [5.41, 5.74) is 3.37. The zero-order chi connectivity index (χ0) is 14.3. The van der Waals surface area contributed by atoms with Crippen molar-refractivity contribution >= 4 is 0 Å². The number of ether oxygens (including phenoxy) is 2. The second-order valence-electron chi connectivity index (χ2n) is 4.31. The van der Waals surface area contributed by atoms with Gasteiger partial charge in [0, 0.05) is 24.6 Å². The van der Waals surface area contributed by atoms with Gasteiger partial charge >= 0.3 is 6.01 Å². The molecule has 1 rings (SSSR count). The molecule has 6 nitrogen and oxygen atoms in total. The molecule has 0 aliphatic heterocycles. The minimum Gasteiger partial charge on any atom is -0.467 e. The zero-order valence-electron chi connectivity index (χ0n) is 12.1. The summed E-state index contributed by atoms with van der Waals surface area (Å²) in [6.07, 6.45) is 5.13. The van der Waals surface area contributed by atoms with Crippen LogP contribution < -0.4 is 16.0 Å². The Bertz CT molecular complexity index is 365. The first kappa shape index (κ1) is 15.8. The second kappa shape index (κ2) is 7.37. The number of hydrogen-bond donors (Lipinski definition) is 2. The van der Waals surface area contributed by atoms with Crippen molar-refractivity contribution in [3.63, 3.8) is 0 Å². The third-order valence-corrected chi connectivity index (χ3v) is 3.49. The van der Waals surface area contributed by atoms with Crippen LogP contribution in [-0.2, 0) is 4.74 Å². The van der Waals surface area contributed by atoms with Crippen molar-refractivity contribution in [1.82, 2.24) is 15.4 Å². The van der Waals surface area contributed by atoms with Gasteiger partial charge in [0.05, 0.1) is 18.8 Å². The molecule has 0 radical (unpaired) electrons. The molecule has 0 aromatic carbocycles. The highest BCUT2D eigenvalue weighted by Gasteiger charge is 2.37. The Morgan fingerprint density at radius 2 is 1.84 bits per heavy atom. The highest BCUT2D eigenvalue weighted by molar-refractivity contribution is 5.17. The fourth-order valence-corrected chi connectivity index (χ4v) is 2.37. The van der Waals surface area contributed by atoms with Gasteiger partial charge < -0.3 is 9.47 Å². The van der Waals surface area contributed by atoms with E-state index in [9.17, 15) is 0 Å². The first-order chi connectivity index (χ1) is 9.17. The number of methoxy groups -OCH3 is 1. The first-order valence-electron chi connectivity index (χ1n) is 6.63. The molecule has 0 aliphatic carbocycles. The lowest BCUT2D eigenvalue weighted by atomic mass is 9.85.